The van der Waals surface area contributed by atoms with Gasteiger partial charge in [0, 0.05) is 10.9 Å². The molecule has 3 aromatic carbocycles. The molecule has 7 heteroatoms. The third-order valence-corrected chi connectivity index (χ3v) is 6.64. The van der Waals surface area contributed by atoms with Gasteiger partial charge in [0.05, 0.1) is 16.3 Å². The summed E-state index contributed by atoms with van der Waals surface area (Å²) in [6.07, 6.45) is 0.716. The zero-order valence-electron chi connectivity index (χ0n) is 15.4. The first-order valence-electron chi connectivity index (χ1n) is 9.18. The normalized spacial score (nSPS) is 18.1. The van der Waals surface area contributed by atoms with Gasteiger partial charge in [-0.05, 0) is 48.2 Å². The number of sulfonamides is 1. The number of rotatable bonds is 6. The molecule has 29 heavy (non-hydrogen) atoms. The minimum Gasteiger partial charge on any atom is -0.324 e. The first-order valence-corrected chi connectivity index (χ1v) is 11.0. The van der Waals surface area contributed by atoms with Crippen LogP contribution < -0.4 is 10.0 Å². The summed E-state index contributed by atoms with van der Waals surface area (Å²) in [6, 6.07) is 22.4. The van der Waals surface area contributed by atoms with Crippen molar-refractivity contribution in [2.24, 2.45) is 5.92 Å². The van der Waals surface area contributed by atoms with Gasteiger partial charge in [-0.2, -0.15) is 0 Å². The molecule has 2 atom stereocenters. The van der Waals surface area contributed by atoms with Gasteiger partial charge in [-0.25, -0.2) is 8.42 Å². The highest BCUT2D eigenvalue weighted by atomic mass is 35.5. The summed E-state index contributed by atoms with van der Waals surface area (Å²) < 4.78 is 27.8. The first-order chi connectivity index (χ1) is 14.0. The Morgan fingerprint density at radius 1 is 0.862 bits per heavy atom. The fourth-order valence-electron chi connectivity index (χ4n) is 3.31. The number of amides is 1. The van der Waals surface area contributed by atoms with Gasteiger partial charge in [-0.15, -0.1) is 0 Å². The molecule has 0 radical (unpaired) electrons. The van der Waals surface area contributed by atoms with Gasteiger partial charge in [0.25, 0.3) is 10.0 Å². The zero-order valence-corrected chi connectivity index (χ0v) is 17.0. The van der Waals surface area contributed by atoms with Crippen LogP contribution in [0.1, 0.15) is 17.9 Å². The predicted molar refractivity (Wildman–Crippen MR) is 115 cm³/mol. The minimum absolute atomic E-state index is 0.0804. The quantitative estimate of drug-likeness (QED) is 0.589. The predicted octanol–water partition coefficient (Wildman–Crippen LogP) is 4.88. The summed E-state index contributed by atoms with van der Waals surface area (Å²) in [5.74, 6) is -0.258. The van der Waals surface area contributed by atoms with Gasteiger partial charge in [0.1, 0.15) is 0 Å². The Morgan fingerprint density at radius 3 is 2.21 bits per heavy atom. The van der Waals surface area contributed by atoms with Crippen LogP contribution in [0.15, 0.2) is 83.8 Å². The van der Waals surface area contributed by atoms with Crippen LogP contribution in [0.4, 0.5) is 11.4 Å². The lowest BCUT2D eigenvalue weighted by atomic mass is 10.1. The molecule has 1 saturated carbocycles. The number of anilines is 2. The van der Waals surface area contributed by atoms with E-state index in [1.807, 2.05) is 24.3 Å². The van der Waals surface area contributed by atoms with E-state index < -0.39 is 10.0 Å². The number of hydrogen-bond donors (Lipinski definition) is 2. The molecule has 3 aromatic rings. The van der Waals surface area contributed by atoms with E-state index in [0.717, 1.165) is 5.56 Å². The van der Waals surface area contributed by atoms with Crippen molar-refractivity contribution in [3.05, 3.63) is 89.4 Å². The number of hydrogen-bond acceptors (Lipinski definition) is 3. The van der Waals surface area contributed by atoms with Crippen molar-refractivity contribution in [2.45, 2.75) is 17.2 Å². The van der Waals surface area contributed by atoms with Crippen LogP contribution in [0.2, 0.25) is 5.02 Å². The standard InChI is InChI=1S/C22H19ClN2O3S/c23-19-11-5-4-10-16(19)17-14-18(17)22(26)24-20-12-6-7-13-21(20)25-29(27,28)15-8-2-1-3-9-15/h1-13,17-18,25H,14H2,(H,24,26). The van der Waals surface area contributed by atoms with Crippen LogP contribution in [-0.4, -0.2) is 14.3 Å². The second-order valence-electron chi connectivity index (χ2n) is 6.92. The number of carbonyl (C=O) groups is 1. The molecule has 148 valence electrons. The van der Waals surface area contributed by atoms with Gasteiger partial charge < -0.3 is 5.32 Å². The molecule has 1 aliphatic rings. The van der Waals surface area contributed by atoms with E-state index in [2.05, 4.69) is 10.0 Å². The van der Waals surface area contributed by atoms with Crippen LogP contribution in [0.25, 0.3) is 0 Å². The van der Waals surface area contributed by atoms with Gasteiger partial charge in [0.15, 0.2) is 0 Å². The van der Waals surface area contributed by atoms with Gasteiger partial charge in [-0.3, -0.25) is 9.52 Å². The average Bonchev–Trinajstić information content (AvgIpc) is 3.51. The lowest BCUT2D eigenvalue weighted by molar-refractivity contribution is -0.117. The van der Waals surface area contributed by atoms with Crippen molar-refractivity contribution < 1.29 is 13.2 Å². The van der Waals surface area contributed by atoms with Crippen LogP contribution in [0.3, 0.4) is 0 Å². The Morgan fingerprint density at radius 2 is 1.48 bits per heavy atom. The molecule has 0 bridgehead atoms. The maximum Gasteiger partial charge on any atom is 0.261 e. The molecule has 2 N–H and O–H groups in total. The number of benzene rings is 3. The summed E-state index contributed by atoms with van der Waals surface area (Å²) in [4.78, 5) is 12.9. The monoisotopic (exact) mass is 426 g/mol. The fraction of sp³-hybridized carbons (Fsp3) is 0.136. The van der Waals surface area contributed by atoms with E-state index in [4.69, 9.17) is 11.6 Å². The van der Waals surface area contributed by atoms with Crippen LogP contribution in [0.5, 0.6) is 0 Å². The third-order valence-electron chi connectivity index (χ3n) is 4.91. The van der Waals surface area contributed by atoms with E-state index in [1.165, 1.54) is 12.1 Å². The van der Waals surface area contributed by atoms with Crippen molar-refractivity contribution in [2.75, 3.05) is 10.0 Å². The lowest BCUT2D eigenvalue weighted by Crippen LogP contribution is -2.18. The average molecular weight is 427 g/mol. The summed E-state index contributed by atoms with van der Waals surface area (Å²) in [5, 5.41) is 3.51. The van der Waals surface area contributed by atoms with Crippen molar-refractivity contribution in [3.63, 3.8) is 0 Å². The van der Waals surface area contributed by atoms with Gasteiger partial charge in [-0.1, -0.05) is 60.1 Å². The Labute approximate surface area is 174 Å². The summed E-state index contributed by atoms with van der Waals surface area (Å²) >= 11 is 6.24. The van der Waals surface area contributed by atoms with E-state index in [0.29, 0.717) is 22.8 Å². The molecule has 0 heterocycles. The molecule has 0 saturated heterocycles. The SMILES string of the molecule is O=C(Nc1ccccc1NS(=O)(=O)c1ccccc1)C1CC1c1ccccc1Cl. The Balaban J connectivity index is 1.50. The molecule has 2 unspecified atom stereocenters. The Kier molecular flexibility index (Phi) is 5.30. The Hall–Kier alpha value is -2.83. The Bertz CT molecular complexity index is 1150. The van der Waals surface area contributed by atoms with Gasteiger partial charge >= 0.3 is 0 Å². The molecule has 0 aromatic heterocycles. The van der Waals surface area contributed by atoms with Gasteiger partial charge in [0.2, 0.25) is 5.91 Å². The van der Waals surface area contributed by atoms with Crippen LogP contribution in [-0.2, 0) is 14.8 Å². The largest absolute Gasteiger partial charge is 0.324 e. The van der Waals surface area contributed by atoms with E-state index in [-0.39, 0.29) is 22.6 Å². The summed E-state index contributed by atoms with van der Waals surface area (Å²) in [5.41, 5.74) is 1.70. The molecule has 0 aliphatic heterocycles. The highest BCUT2D eigenvalue weighted by Crippen LogP contribution is 2.50. The molecular weight excluding hydrogens is 408 g/mol. The summed E-state index contributed by atoms with van der Waals surface area (Å²) in [7, 11) is -3.75. The number of halogens is 1. The fourth-order valence-corrected chi connectivity index (χ4v) is 4.69. The second kappa shape index (κ2) is 7.89. The highest BCUT2D eigenvalue weighted by molar-refractivity contribution is 7.92. The molecular formula is C22H19ClN2O3S. The maximum atomic E-state index is 12.7. The molecule has 0 spiro atoms. The van der Waals surface area contributed by atoms with Crippen molar-refractivity contribution in [1.82, 2.24) is 0 Å². The number of carbonyl (C=O) groups excluding carboxylic acids is 1. The molecule has 1 fully saturated rings. The first kappa shape index (κ1) is 19.5. The maximum absolute atomic E-state index is 12.7. The number of nitrogens with one attached hydrogen (secondary N) is 2. The van der Waals surface area contributed by atoms with E-state index in [1.54, 1.807) is 42.5 Å². The van der Waals surface area contributed by atoms with E-state index >= 15 is 0 Å². The minimum atomic E-state index is -3.75. The topological polar surface area (TPSA) is 75.3 Å². The second-order valence-corrected chi connectivity index (χ2v) is 9.01. The smallest absolute Gasteiger partial charge is 0.261 e. The molecule has 5 nitrogen and oxygen atoms in total. The summed E-state index contributed by atoms with van der Waals surface area (Å²) in [6.45, 7) is 0. The third kappa shape index (κ3) is 4.28. The van der Waals surface area contributed by atoms with Crippen molar-refractivity contribution in [3.8, 4) is 0 Å². The molecule has 1 amide bonds. The zero-order chi connectivity index (χ0) is 20.4. The van der Waals surface area contributed by atoms with E-state index in [9.17, 15) is 13.2 Å². The van der Waals surface area contributed by atoms with Crippen LogP contribution in [0, 0.1) is 5.92 Å². The molecule has 4 rings (SSSR count). The number of para-hydroxylation sites is 2. The van der Waals surface area contributed by atoms with Crippen molar-refractivity contribution in [1.29, 1.82) is 0 Å². The van der Waals surface area contributed by atoms with Crippen LogP contribution >= 0.6 is 11.6 Å². The molecule has 1 aliphatic carbocycles. The van der Waals surface area contributed by atoms with Crippen molar-refractivity contribution >= 4 is 38.9 Å². The highest BCUT2D eigenvalue weighted by Gasteiger charge is 2.44. The lowest BCUT2D eigenvalue weighted by Gasteiger charge is -2.13.